The Morgan fingerprint density at radius 1 is 1.10 bits per heavy atom. The first kappa shape index (κ1) is 20.7. The molecule has 0 saturated carbocycles. The number of hydrogen-bond donors (Lipinski definition) is 1. The summed E-state index contributed by atoms with van der Waals surface area (Å²) in [5, 5.41) is 2.74. The van der Waals surface area contributed by atoms with Crippen molar-refractivity contribution < 1.29 is 14.3 Å². The van der Waals surface area contributed by atoms with E-state index in [0.29, 0.717) is 23.9 Å². The maximum absolute atomic E-state index is 12.9. The zero-order valence-corrected chi connectivity index (χ0v) is 17.8. The number of aromatic nitrogens is 2. The average Bonchev–Trinajstić information content (AvgIpc) is 3.14. The van der Waals surface area contributed by atoms with Crippen molar-refractivity contribution in [1.82, 2.24) is 9.55 Å². The Labute approximate surface area is 181 Å². The van der Waals surface area contributed by atoms with E-state index in [-0.39, 0.29) is 12.3 Å². The van der Waals surface area contributed by atoms with E-state index in [4.69, 9.17) is 4.74 Å². The molecule has 0 radical (unpaired) electrons. The molecule has 7 heteroatoms. The highest BCUT2D eigenvalue weighted by molar-refractivity contribution is 5.95. The molecule has 3 aromatic rings. The lowest BCUT2D eigenvalue weighted by atomic mass is 10.1. The van der Waals surface area contributed by atoms with Gasteiger partial charge in [0.15, 0.2) is 5.82 Å². The van der Waals surface area contributed by atoms with E-state index in [0.717, 1.165) is 36.2 Å². The third-order valence-electron chi connectivity index (χ3n) is 5.39. The Hall–Kier alpha value is -3.61. The SMILES string of the molecule is Cc1ccc(NC(=O)Oc2c(N(C)C(=O)Cc3ccccc3)nc3n2CCCC3)cc1. The minimum absolute atomic E-state index is 0.120. The third kappa shape index (κ3) is 4.77. The number of fused-ring (bicyclic) bond motifs is 1. The molecule has 0 atom stereocenters. The summed E-state index contributed by atoms with van der Waals surface area (Å²) >= 11 is 0. The van der Waals surface area contributed by atoms with Gasteiger partial charge in [-0.3, -0.25) is 19.6 Å². The van der Waals surface area contributed by atoms with Crippen LogP contribution < -0.4 is 15.0 Å². The van der Waals surface area contributed by atoms with Crippen LogP contribution in [0.1, 0.15) is 29.8 Å². The molecule has 160 valence electrons. The van der Waals surface area contributed by atoms with Gasteiger partial charge in [-0.2, -0.15) is 0 Å². The van der Waals surface area contributed by atoms with Crippen LogP contribution in [0.4, 0.5) is 16.3 Å². The average molecular weight is 418 g/mol. The molecule has 31 heavy (non-hydrogen) atoms. The van der Waals surface area contributed by atoms with Crippen LogP contribution in [0.25, 0.3) is 0 Å². The molecule has 0 spiro atoms. The molecule has 0 fully saturated rings. The van der Waals surface area contributed by atoms with Gasteiger partial charge >= 0.3 is 6.09 Å². The molecule has 1 aliphatic rings. The summed E-state index contributed by atoms with van der Waals surface area (Å²) in [5.74, 6) is 1.39. The Morgan fingerprint density at radius 3 is 2.58 bits per heavy atom. The van der Waals surface area contributed by atoms with Crippen LogP contribution in [0.3, 0.4) is 0 Å². The van der Waals surface area contributed by atoms with Gasteiger partial charge in [-0.15, -0.1) is 0 Å². The Morgan fingerprint density at radius 2 is 1.84 bits per heavy atom. The van der Waals surface area contributed by atoms with Crippen molar-refractivity contribution in [1.29, 1.82) is 0 Å². The van der Waals surface area contributed by atoms with Gasteiger partial charge in [-0.25, -0.2) is 9.78 Å². The monoisotopic (exact) mass is 418 g/mol. The van der Waals surface area contributed by atoms with Crippen molar-refractivity contribution in [3.63, 3.8) is 0 Å². The maximum Gasteiger partial charge on any atom is 0.418 e. The highest BCUT2D eigenvalue weighted by Crippen LogP contribution is 2.33. The van der Waals surface area contributed by atoms with E-state index in [1.54, 1.807) is 7.05 Å². The van der Waals surface area contributed by atoms with Crippen LogP contribution in [0, 0.1) is 6.92 Å². The van der Waals surface area contributed by atoms with Gasteiger partial charge < -0.3 is 4.74 Å². The van der Waals surface area contributed by atoms with E-state index in [1.807, 2.05) is 66.1 Å². The van der Waals surface area contributed by atoms with Crippen molar-refractivity contribution in [2.24, 2.45) is 0 Å². The second-order valence-corrected chi connectivity index (χ2v) is 7.76. The third-order valence-corrected chi connectivity index (χ3v) is 5.39. The number of ether oxygens (including phenoxy) is 1. The number of carbonyl (C=O) groups excluding carboxylic acids is 2. The van der Waals surface area contributed by atoms with E-state index in [9.17, 15) is 9.59 Å². The number of aryl methyl sites for hydroxylation is 2. The fourth-order valence-corrected chi connectivity index (χ4v) is 3.64. The minimum Gasteiger partial charge on any atom is -0.389 e. The van der Waals surface area contributed by atoms with Crippen LogP contribution in [0.5, 0.6) is 5.88 Å². The largest absolute Gasteiger partial charge is 0.418 e. The Bertz CT molecular complexity index is 1070. The van der Waals surface area contributed by atoms with Crippen molar-refractivity contribution in [3.05, 3.63) is 71.5 Å². The smallest absolute Gasteiger partial charge is 0.389 e. The number of nitrogens with zero attached hydrogens (tertiary/aromatic N) is 3. The van der Waals surface area contributed by atoms with Gasteiger partial charge in [0, 0.05) is 25.7 Å². The van der Waals surface area contributed by atoms with Crippen molar-refractivity contribution in [2.75, 3.05) is 17.3 Å². The summed E-state index contributed by atoms with van der Waals surface area (Å²) in [6.07, 6.45) is 2.42. The minimum atomic E-state index is -0.609. The molecule has 1 aliphatic heterocycles. The molecule has 1 N–H and O–H groups in total. The Kier molecular flexibility index (Phi) is 6.02. The Balaban J connectivity index is 1.56. The molecule has 0 bridgehead atoms. The highest BCUT2D eigenvalue weighted by Gasteiger charge is 2.28. The van der Waals surface area contributed by atoms with Gasteiger partial charge in [-0.1, -0.05) is 48.0 Å². The van der Waals surface area contributed by atoms with Crippen LogP contribution >= 0.6 is 0 Å². The molecule has 2 aromatic carbocycles. The van der Waals surface area contributed by atoms with Crippen molar-refractivity contribution in [3.8, 4) is 5.88 Å². The van der Waals surface area contributed by atoms with Gasteiger partial charge in [0.1, 0.15) is 5.82 Å². The summed E-state index contributed by atoms with van der Waals surface area (Å²) in [5.41, 5.74) is 2.66. The molecular formula is C24H26N4O3. The zero-order chi connectivity index (χ0) is 21.8. The number of likely N-dealkylation sites (N-methyl/N-ethyl adjacent to an activating group) is 1. The van der Waals surface area contributed by atoms with Crippen LogP contribution in [0.15, 0.2) is 54.6 Å². The molecule has 0 saturated heterocycles. The summed E-state index contributed by atoms with van der Waals surface area (Å²) < 4.78 is 7.60. The first-order valence-electron chi connectivity index (χ1n) is 10.5. The predicted molar refractivity (Wildman–Crippen MR) is 120 cm³/mol. The van der Waals surface area contributed by atoms with Gasteiger partial charge in [0.05, 0.1) is 6.42 Å². The summed E-state index contributed by atoms with van der Waals surface area (Å²) in [6.45, 7) is 2.69. The molecular weight excluding hydrogens is 392 g/mol. The molecule has 0 unspecified atom stereocenters. The first-order valence-corrected chi connectivity index (χ1v) is 10.5. The van der Waals surface area contributed by atoms with E-state index >= 15 is 0 Å². The molecule has 1 aromatic heterocycles. The normalized spacial score (nSPS) is 12.7. The van der Waals surface area contributed by atoms with Gasteiger partial charge in [0.2, 0.25) is 11.8 Å². The molecule has 2 amide bonds. The summed E-state index contributed by atoms with van der Waals surface area (Å²) in [4.78, 5) is 31.6. The molecule has 7 nitrogen and oxygen atoms in total. The first-order chi connectivity index (χ1) is 15.0. The number of anilines is 2. The highest BCUT2D eigenvalue weighted by atomic mass is 16.6. The van der Waals surface area contributed by atoms with Crippen molar-refractivity contribution in [2.45, 2.75) is 39.2 Å². The van der Waals surface area contributed by atoms with Crippen LogP contribution in [-0.4, -0.2) is 28.6 Å². The number of rotatable bonds is 5. The van der Waals surface area contributed by atoms with Crippen LogP contribution in [0.2, 0.25) is 0 Å². The second kappa shape index (κ2) is 9.04. The van der Waals surface area contributed by atoms with Gasteiger partial charge in [0.25, 0.3) is 0 Å². The van der Waals surface area contributed by atoms with Gasteiger partial charge in [-0.05, 0) is 37.5 Å². The number of amides is 2. The molecule has 0 aliphatic carbocycles. The quantitative estimate of drug-likeness (QED) is 0.669. The zero-order valence-electron chi connectivity index (χ0n) is 17.8. The van der Waals surface area contributed by atoms with E-state index < -0.39 is 6.09 Å². The maximum atomic E-state index is 12.9. The number of hydrogen-bond acceptors (Lipinski definition) is 4. The van der Waals surface area contributed by atoms with Crippen molar-refractivity contribution >= 4 is 23.5 Å². The summed E-state index contributed by atoms with van der Waals surface area (Å²) in [6, 6.07) is 17.0. The topological polar surface area (TPSA) is 76.5 Å². The molecule has 2 heterocycles. The second-order valence-electron chi connectivity index (χ2n) is 7.76. The lowest BCUT2D eigenvalue weighted by Crippen LogP contribution is -2.29. The lowest BCUT2D eigenvalue weighted by Gasteiger charge is -2.18. The molecule has 4 rings (SSSR count). The number of carbonyl (C=O) groups is 2. The van der Waals surface area contributed by atoms with E-state index in [1.165, 1.54) is 4.90 Å². The summed E-state index contributed by atoms with van der Waals surface area (Å²) in [7, 11) is 1.67. The lowest BCUT2D eigenvalue weighted by molar-refractivity contribution is -0.117. The number of imidazole rings is 1. The predicted octanol–water partition coefficient (Wildman–Crippen LogP) is 4.34. The van der Waals surface area contributed by atoms with Crippen LogP contribution in [-0.2, 0) is 24.2 Å². The standard InChI is InChI=1S/C24H26N4O3/c1-17-11-13-19(14-12-17)25-24(30)31-23-22(26-20-10-6-7-15-28(20)23)27(2)21(29)16-18-8-4-3-5-9-18/h3-5,8-9,11-14H,6-7,10,15-16H2,1-2H3,(H,25,30). The fraction of sp³-hybridized carbons (Fsp3) is 0.292. The fourth-order valence-electron chi connectivity index (χ4n) is 3.64. The van der Waals surface area contributed by atoms with E-state index in [2.05, 4.69) is 10.3 Å². The number of nitrogens with one attached hydrogen (secondary N) is 1. The number of benzene rings is 2.